The molecule has 0 unspecified atom stereocenters. The Morgan fingerprint density at radius 1 is 1.03 bits per heavy atom. The molecule has 0 aromatic heterocycles. The Morgan fingerprint density at radius 3 is 2.63 bits per heavy atom. The molecule has 30 heavy (non-hydrogen) atoms. The fourth-order valence-electron chi connectivity index (χ4n) is 4.15. The van der Waals surface area contributed by atoms with Crippen LogP contribution in [0.25, 0.3) is 0 Å². The predicted molar refractivity (Wildman–Crippen MR) is 121 cm³/mol. The van der Waals surface area contributed by atoms with Gasteiger partial charge >= 0.3 is 5.97 Å². The second-order valence-electron chi connectivity index (χ2n) is 8.04. The van der Waals surface area contributed by atoms with E-state index < -0.39 is 0 Å². The zero-order valence-corrected chi connectivity index (χ0v) is 18.5. The summed E-state index contributed by atoms with van der Waals surface area (Å²) in [4.78, 5) is 14.0. The second-order valence-corrected chi connectivity index (χ2v) is 8.04. The maximum absolute atomic E-state index is 11.6. The predicted octanol–water partition coefficient (Wildman–Crippen LogP) is 4.75. The third-order valence-corrected chi connectivity index (χ3v) is 5.79. The van der Waals surface area contributed by atoms with Crippen molar-refractivity contribution in [3.63, 3.8) is 0 Å². The van der Waals surface area contributed by atoms with Crippen molar-refractivity contribution >= 4 is 5.97 Å². The van der Waals surface area contributed by atoms with Crippen molar-refractivity contribution in [1.82, 2.24) is 4.90 Å². The van der Waals surface area contributed by atoms with E-state index in [1.54, 1.807) is 0 Å². The van der Waals surface area contributed by atoms with Crippen molar-refractivity contribution < 1.29 is 14.3 Å². The average molecular weight is 410 g/mol. The van der Waals surface area contributed by atoms with Gasteiger partial charge in [0, 0.05) is 19.5 Å². The molecule has 2 aromatic rings. The first kappa shape index (κ1) is 22.4. The molecule has 0 radical (unpaired) electrons. The zero-order chi connectivity index (χ0) is 21.2. The van der Waals surface area contributed by atoms with Gasteiger partial charge in [-0.25, -0.2) is 0 Å². The van der Waals surface area contributed by atoms with Crippen molar-refractivity contribution in [2.75, 3.05) is 32.8 Å². The number of fused-ring (bicyclic) bond motifs is 1. The van der Waals surface area contributed by atoms with Crippen molar-refractivity contribution in [2.45, 2.75) is 52.4 Å². The van der Waals surface area contributed by atoms with Gasteiger partial charge in [0.05, 0.1) is 13.2 Å². The normalized spacial score (nSPS) is 14.1. The van der Waals surface area contributed by atoms with E-state index in [0.717, 1.165) is 64.1 Å². The smallest absolute Gasteiger partial charge is 0.305 e. The van der Waals surface area contributed by atoms with Crippen molar-refractivity contribution in [3.05, 3.63) is 64.7 Å². The number of esters is 1. The topological polar surface area (TPSA) is 38.8 Å². The van der Waals surface area contributed by atoms with E-state index in [1.807, 2.05) is 6.92 Å². The number of ether oxygens (including phenoxy) is 2. The molecule has 0 saturated carbocycles. The molecule has 0 saturated heterocycles. The van der Waals surface area contributed by atoms with Gasteiger partial charge in [-0.2, -0.15) is 0 Å². The molecule has 1 aliphatic heterocycles. The molecule has 3 rings (SSSR count). The van der Waals surface area contributed by atoms with Crippen LogP contribution in [0.2, 0.25) is 0 Å². The molecule has 4 nitrogen and oxygen atoms in total. The number of carbonyl (C=O) groups is 1. The Balaban J connectivity index is 1.52. The molecule has 0 N–H and O–H groups in total. The van der Waals surface area contributed by atoms with Gasteiger partial charge in [0.1, 0.15) is 5.75 Å². The lowest BCUT2D eigenvalue weighted by Gasteiger charge is -2.19. The molecule has 1 heterocycles. The van der Waals surface area contributed by atoms with E-state index in [9.17, 15) is 4.79 Å². The fourth-order valence-corrected chi connectivity index (χ4v) is 4.15. The summed E-state index contributed by atoms with van der Waals surface area (Å²) in [6.45, 7) is 8.20. The molecule has 162 valence electrons. The summed E-state index contributed by atoms with van der Waals surface area (Å²) in [6, 6.07) is 15.1. The molecule has 0 atom stereocenters. The number of aryl methyl sites for hydroxylation is 2. The number of hydrogen-bond donors (Lipinski definition) is 0. The number of nitrogens with zero attached hydrogens (tertiary/aromatic N) is 1. The number of hydrogen-bond acceptors (Lipinski definition) is 4. The van der Waals surface area contributed by atoms with Gasteiger partial charge in [0.25, 0.3) is 0 Å². The first-order valence-corrected chi connectivity index (χ1v) is 11.3. The summed E-state index contributed by atoms with van der Waals surface area (Å²) in [5.74, 6) is 1.01. The summed E-state index contributed by atoms with van der Waals surface area (Å²) in [6.07, 6.45) is 5.47. The highest BCUT2D eigenvalue weighted by Gasteiger charge is 2.19. The van der Waals surface area contributed by atoms with Crippen LogP contribution in [0.5, 0.6) is 5.75 Å². The van der Waals surface area contributed by atoms with Gasteiger partial charge in [0.15, 0.2) is 0 Å². The highest BCUT2D eigenvalue weighted by molar-refractivity contribution is 5.69. The highest BCUT2D eigenvalue weighted by Crippen LogP contribution is 2.30. The van der Waals surface area contributed by atoms with E-state index in [4.69, 9.17) is 9.47 Å². The van der Waals surface area contributed by atoms with Crippen LogP contribution in [-0.2, 0) is 28.8 Å². The highest BCUT2D eigenvalue weighted by atomic mass is 16.5. The largest absolute Gasteiger partial charge is 0.493 e. The quantitative estimate of drug-likeness (QED) is 0.419. The fraction of sp³-hybridized carbons (Fsp3) is 0.500. The Morgan fingerprint density at radius 2 is 1.83 bits per heavy atom. The van der Waals surface area contributed by atoms with Crippen molar-refractivity contribution in [1.29, 1.82) is 0 Å². The van der Waals surface area contributed by atoms with Crippen LogP contribution in [0.4, 0.5) is 0 Å². The minimum absolute atomic E-state index is 0.0857. The molecule has 1 aliphatic rings. The summed E-state index contributed by atoms with van der Waals surface area (Å²) in [5, 5.41) is 0. The van der Waals surface area contributed by atoms with Crippen molar-refractivity contribution in [2.24, 2.45) is 0 Å². The molecule has 2 aromatic carbocycles. The van der Waals surface area contributed by atoms with E-state index >= 15 is 0 Å². The molecule has 0 fully saturated rings. The van der Waals surface area contributed by atoms with E-state index in [2.05, 4.69) is 54.3 Å². The number of benzene rings is 2. The van der Waals surface area contributed by atoms with Gasteiger partial charge in [-0.15, -0.1) is 0 Å². The maximum atomic E-state index is 11.6. The zero-order valence-electron chi connectivity index (χ0n) is 18.5. The van der Waals surface area contributed by atoms with Crippen LogP contribution < -0.4 is 4.74 Å². The lowest BCUT2D eigenvalue weighted by molar-refractivity contribution is -0.143. The summed E-state index contributed by atoms with van der Waals surface area (Å²) < 4.78 is 11.3. The monoisotopic (exact) mass is 409 g/mol. The lowest BCUT2D eigenvalue weighted by Crippen LogP contribution is -2.28. The molecule has 0 bridgehead atoms. The molecule has 0 aliphatic carbocycles. The summed E-state index contributed by atoms with van der Waals surface area (Å²) in [5.41, 5.74) is 5.38. The number of carbonyl (C=O) groups excluding carboxylic acids is 1. The first-order valence-electron chi connectivity index (χ1n) is 11.3. The van der Waals surface area contributed by atoms with Crippen molar-refractivity contribution in [3.8, 4) is 5.75 Å². The SMILES string of the molecule is CCOC(=O)CCCN1CCc2ccc(C)c(OCCCc3ccccc3)c2CC1. The maximum Gasteiger partial charge on any atom is 0.305 e. The van der Waals surface area contributed by atoms with Crippen LogP contribution in [-0.4, -0.2) is 43.7 Å². The van der Waals surface area contributed by atoms with Crippen LogP contribution in [0, 0.1) is 6.92 Å². The molecular weight excluding hydrogens is 374 g/mol. The Labute approximate surface area is 181 Å². The van der Waals surface area contributed by atoms with E-state index in [1.165, 1.54) is 22.3 Å². The van der Waals surface area contributed by atoms with Gasteiger partial charge in [0.2, 0.25) is 0 Å². The lowest BCUT2D eigenvalue weighted by atomic mass is 9.99. The van der Waals surface area contributed by atoms with Crippen LogP contribution in [0.1, 0.15) is 48.4 Å². The molecule has 4 heteroatoms. The first-order chi connectivity index (χ1) is 14.7. The Hall–Kier alpha value is -2.33. The van der Waals surface area contributed by atoms with Gasteiger partial charge < -0.3 is 14.4 Å². The minimum Gasteiger partial charge on any atom is -0.493 e. The molecule has 0 amide bonds. The van der Waals surface area contributed by atoms with E-state index in [-0.39, 0.29) is 5.97 Å². The van der Waals surface area contributed by atoms with Crippen LogP contribution in [0.15, 0.2) is 42.5 Å². The molecular formula is C26H35NO3. The van der Waals surface area contributed by atoms with Gasteiger partial charge in [-0.05, 0) is 74.8 Å². The van der Waals surface area contributed by atoms with Crippen LogP contribution in [0.3, 0.4) is 0 Å². The average Bonchev–Trinajstić information content (AvgIpc) is 2.96. The third kappa shape index (κ3) is 6.60. The Kier molecular flexibility index (Phi) is 8.76. The summed E-state index contributed by atoms with van der Waals surface area (Å²) in [7, 11) is 0. The second kappa shape index (κ2) is 11.8. The minimum atomic E-state index is -0.0857. The third-order valence-electron chi connectivity index (χ3n) is 5.79. The molecule has 0 spiro atoms. The van der Waals surface area contributed by atoms with Crippen LogP contribution >= 0.6 is 0 Å². The van der Waals surface area contributed by atoms with Gasteiger partial charge in [-0.1, -0.05) is 42.5 Å². The number of rotatable bonds is 10. The van der Waals surface area contributed by atoms with Gasteiger partial charge in [-0.3, -0.25) is 4.79 Å². The standard InChI is InChI=1S/C26H35NO3/c1-3-29-25(28)12-7-17-27-18-15-23-14-13-21(2)26(24(23)16-19-27)30-20-8-11-22-9-5-4-6-10-22/h4-6,9-10,13-14H,3,7-8,11-12,15-20H2,1-2H3. The van der Waals surface area contributed by atoms with E-state index in [0.29, 0.717) is 13.0 Å². The Bertz CT molecular complexity index is 803. The summed E-state index contributed by atoms with van der Waals surface area (Å²) >= 11 is 0.